The summed E-state index contributed by atoms with van der Waals surface area (Å²) in [6.07, 6.45) is 0. The number of hydrogen-bond acceptors (Lipinski definition) is 3. The lowest BCUT2D eigenvalue weighted by Gasteiger charge is -2.07. The van der Waals surface area contributed by atoms with Crippen molar-refractivity contribution in [3.05, 3.63) is 36.4 Å². The van der Waals surface area contributed by atoms with Gasteiger partial charge in [0.2, 0.25) is 0 Å². The van der Waals surface area contributed by atoms with Gasteiger partial charge in [0.25, 0.3) is 0 Å². The van der Waals surface area contributed by atoms with Gasteiger partial charge in [-0.1, -0.05) is 0 Å². The second-order valence-corrected chi connectivity index (χ2v) is 2.88. The van der Waals surface area contributed by atoms with Crippen LogP contribution in [-0.2, 0) is 9.53 Å². The zero-order valence-corrected chi connectivity index (χ0v) is 7.77. The fraction of sp³-hybridized carbons (Fsp3) is 0.200. The molecule has 1 fully saturated rings. The first-order chi connectivity index (χ1) is 6.81. The van der Waals surface area contributed by atoms with Crippen molar-refractivity contribution in [3.63, 3.8) is 0 Å². The topological polar surface area (TPSA) is 38.5 Å². The number of nitrogens with zero attached hydrogens (tertiary/aromatic N) is 1. The molecule has 0 unspecified atom stereocenters. The van der Waals surface area contributed by atoms with Crippen molar-refractivity contribution in [1.29, 1.82) is 0 Å². The first-order valence-corrected chi connectivity index (χ1v) is 4.22. The molecule has 1 heterocycles. The number of ether oxygens (including phenoxy) is 2. The summed E-state index contributed by atoms with van der Waals surface area (Å²) in [7, 11) is 1.60. The van der Waals surface area contributed by atoms with E-state index >= 15 is 0 Å². The van der Waals surface area contributed by atoms with Crippen LogP contribution in [0.1, 0.15) is 0 Å². The predicted octanol–water partition coefficient (Wildman–Crippen LogP) is -0.138. The van der Waals surface area contributed by atoms with Gasteiger partial charge in [0.15, 0.2) is 6.73 Å². The number of carbonyl (C=O) groups is 1. The van der Waals surface area contributed by atoms with Crippen LogP contribution in [0.3, 0.4) is 0 Å². The molecule has 0 aliphatic carbocycles. The molecule has 0 bridgehead atoms. The van der Waals surface area contributed by atoms with E-state index in [0.29, 0.717) is 0 Å². The Morgan fingerprint density at radius 3 is 2.79 bits per heavy atom. The molecule has 0 aromatic heterocycles. The maximum atomic E-state index is 11.3. The Hall–Kier alpha value is -1.68. The van der Waals surface area contributed by atoms with Crippen LogP contribution in [-0.4, -0.2) is 19.6 Å². The third-order valence-electron chi connectivity index (χ3n) is 2.01. The van der Waals surface area contributed by atoms with Crippen LogP contribution in [0.25, 0.3) is 0 Å². The molecule has 0 atom stereocenters. The maximum Gasteiger partial charge on any atom is 0.308 e. The summed E-state index contributed by atoms with van der Waals surface area (Å²) >= 11 is 0. The molecule has 4 heteroatoms. The highest BCUT2D eigenvalue weighted by atomic mass is 16.5. The molecule has 14 heavy (non-hydrogen) atoms. The van der Waals surface area contributed by atoms with E-state index in [9.17, 15) is 4.79 Å². The van der Waals surface area contributed by atoms with Gasteiger partial charge in [-0.2, -0.15) is 12.1 Å². The number of rotatable bonds is 1. The largest absolute Gasteiger partial charge is 0.554 e. The van der Waals surface area contributed by atoms with Gasteiger partial charge in [0, 0.05) is 11.1 Å². The number of amides is 1. The summed E-state index contributed by atoms with van der Waals surface area (Å²) in [6, 6.07) is 7.22. The summed E-state index contributed by atoms with van der Waals surface area (Å²) in [5.41, 5.74) is 0. The zero-order chi connectivity index (χ0) is 9.97. The molecular formula is C10H10NO3-. The molecule has 1 amide bonds. The molecule has 0 radical (unpaired) electrons. The van der Waals surface area contributed by atoms with E-state index in [2.05, 4.69) is 0 Å². The van der Waals surface area contributed by atoms with Crippen molar-refractivity contribution in [3.8, 4) is 5.75 Å². The van der Waals surface area contributed by atoms with Crippen LogP contribution in [0.5, 0.6) is 5.75 Å². The molecule has 1 aliphatic rings. The van der Waals surface area contributed by atoms with E-state index in [4.69, 9.17) is 9.47 Å². The quantitative estimate of drug-likeness (QED) is 0.459. The molecule has 1 aromatic carbocycles. The minimum absolute atomic E-state index is 0.0600. The van der Waals surface area contributed by atoms with Gasteiger partial charge >= 0.3 is 5.91 Å². The van der Waals surface area contributed by atoms with Gasteiger partial charge < -0.3 is 9.47 Å². The van der Waals surface area contributed by atoms with Crippen LogP contribution in [0.15, 0.2) is 24.3 Å². The Morgan fingerprint density at radius 2 is 2.29 bits per heavy atom. The summed E-state index contributed by atoms with van der Waals surface area (Å²) in [5.74, 6) is 0.705. The normalized spacial score (nSPS) is 15.5. The first-order valence-electron chi connectivity index (χ1n) is 4.22. The lowest BCUT2D eigenvalue weighted by molar-refractivity contribution is -0.120. The predicted molar refractivity (Wildman–Crippen MR) is 49.1 cm³/mol. The van der Waals surface area contributed by atoms with Crippen molar-refractivity contribution in [2.24, 2.45) is 0 Å². The summed E-state index contributed by atoms with van der Waals surface area (Å²) in [6.45, 7) is 1.54. The van der Waals surface area contributed by atoms with Gasteiger partial charge in [-0.25, -0.2) is 0 Å². The monoisotopic (exact) mass is 192 g/mol. The van der Waals surface area contributed by atoms with Gasteiger partial charge in [-0.15, -0.1) is 12.1 Å². The van der Waals surface area contributed by atoms with E-state index in [0.717, 1.165) is 11.1 Å². The lowest BCUT2D eigenvalue weighted by Crippen LogP contribution is -2.28. The van der Waals surface area contributed by atoms with Crippen LogP contribution in [0.2, 0.25) is 0 Å². The van der Waals surface area contributed by atoms with E-state index in [1.165, 1.54) is 11.3 Å². The second-order valence-electron chi connectivity index (χ2n) is 2.88. The van der Waals surface area contributed by atoms with Crippen LogP contribution < -0.4 is 14.7 Å². The number of methoxy groups -OCH3 is 1. The highest BCUT2D eigenvalue weighted by Gasteiger charge is 2.15. The van der Waals surface area contributed by atoms with Gasteiger partial charge in [0.05, 0.1) is 7.11 Å². The molecule has 0 N–H and O–H groups in total. The third kappa shape index (κ3) is 1.52. The Labute approximate surface area is 81.4 Å². The minimum Gasteiger partial charge on any atom is -0.554 e. The number of carbonyl (C=O) groups excluding carboxylic acids is 1. The molecule has 0 spiro atoms. The van der Waals surface area contributed by atoms with Gasteiger partial charge in [-0.3, -0.25) is 9.37 Å². The molecule has 2 rings (SSSR count). The highest BCUT2D eigenvalue weighted by Crippen LogP contribution is 2.04. The molecule has 1 aliphatic heterocycles. The molecule has 0 saturated carbocycles. The molecule has 74 valence electrons. The summed E-state index contributed by atoms with van der Waals surface area (Å²) in [4.78, 5) is 11.3. The second kappa shape index (κ2) is 3.59. The van der Waals surface area contributed by atoms with Crippen LogP contribution >= 0.6 is 0 Å². The van der Waals surface area contributed by atoms with Crippen molar-refractivity contribution in [2.45, 2.75) is 0 Å². The summed E-state index contributed by atoms with van der Waals surface area (Å²) in [5, 5.41) is 0.785. The van der Waals surface area contributed by atoms with Gasteiger partial charge in [-0.05, 0) is 0 Å². The van der Waals surface area contributed by atoms with Crippen LogP contribution in [0.4, 0.5) is 0 Å². The zero-order valence-electron chi connectivity index (χ0n) is 7.77. The smallest absolute Gasteiger partial charge is 0.308 e. The Balaban J connectivity index is 2.45. The van der Waals surface area contributed by atoms with E-state index in [1.54, 1.807) is 19.2 Å². The van der Waals surface area contributed by atoms with Crippen molar-refractivity contribution in [2.75, 3.05) is 13.7 Å². The van der Waals surface area contributed by atoms with Crippen LogP contribution in [0, 0.1) is 6.73 Å². The highest BCUT2D eigenvalue weighted by molar-refractivity contribution is 5.81. The maximum absolute atomic E-state index is 11.3. The Kier molecular flexibility index (Phi) is 2.28. The fourth-order valence-corrected chi connectivity index (χ4v) is 1.26. The standard InChI is InChI=1S/C10H10NO3/c1-13-9-4-2-8(3-5-9)11-7-14-6-10(11)12/h2-5,7H,6H2,1H3/q-1. The average molecular weight is 192 g/mol. The fourth-order valence-electron chi connectivity index (χ4n) is 1.26. The van der Waals surface area contributed by atoms with Crippen molar-refractivity contribution in [1.82, 2.24) is 4.58 Å². The van der Waals surface area contributed by atoms with E-state index in [-0.39, 0.29) is 12.5 Å². The minimum atomic E-state index is -0.0600. The molecule has 1 saturated heterocycles. The molecular weight excluding hydrogens is 182 g/mol. The molecule has 1 aromatic rings. The Morgan fingerprint density at radius 1 is 1.57 bits per heavy atom. The van der Waals surface area contributed by atoms with E-state index < -0.39 is 0 Å². The SMILES string of the molecule is CO[c-]1ccc(=[N+]2[CH-]OCC2=O)cc1. The average Bonchev–Trinajstić information content (AvgIpc) is 2.65. The van der Waals surface area contributed by atoms with Crippen molar-refractivity contribution < 1.29 is 14.3 Å². The number of benzene rings is 1. The lowest BCUT2D eigenvalue weighted by atomic mass is 10.3. The Bertz CT molecular complexity index is 399. The number of hydrogen-bond donors (Lipinski definition) is 0. The third-order valence-corrected chi connectivity index (χ3v) is 2.01. The van der Waals surface area contributed by atoms with Gasteiger partial charge in [0.1, 0.15) is 6.61 Å². The first kappa shape index (κ1) is 8.90. The summed E-state index contributed by atoms with van der Waals surface area (Å²) < 4.78 is 11.4. The van der Waals surface area contributed by atoms with E-state index in [1.807, 2.05) is 12.1 Å². The molecule has 4 nitrogen and oxygen atoms in total. The van der Waals surface area contributed by atoms with Crippen molar-refractivity contribution >= 4 is 5.91 Å².